The summed E-state index contributed by atoms with van der Waals surface area (Å²) in [6, 6.07) is 11.8. The molecule has 6 heteroatoms. The third kappa shape index (κ3) is 3.09. The highest BCUT2D eigenvalue weighted by Gasteiger charge is 2.16. The van der Waals surface area contributed by atoms with Gasteiger partial charge in [-0.3, -0.25) is 0 Å². The van der Waals surface area contributed by atoms with E-state index in [4.69, 9.17) is 9.44 Å². The molecule has 0 unspecified atom stereocenters. The van der Waals surface area contributed by atoms with Crippen molar-refractivity contribution in [3.05, 3.63) is 59.9 Å². The van der Waals surface area contributed by atoms with Gasteiger partial charge >= 0.3 is 10.1 Å². The summed E-state index contributed by atoms with van der Waals surface area (Å²) < 4.78 is 41.3. The van der Waals surface area contributed by atoms with E-state index in [0.717, 1.165) is 12.1 Å². The van der Waals surface area contributed by atoms with Gasteiger partial charge in [0.25, 0.3) is 0 Å². The lowest BCUT2D eigenvalue weighted by atomic mass is 10.2. The van der Waals surface area contributed by atoms with Crippen molar-refractivity contribution in [1.29, 1.82) is 5.26 Å². The third-order valence-electron chi connectivity index (χ3n) is 2.29. The summed E-state index contributed by atoms with van der Waals surface area (Å²) in [5.41, 5.74) is 0.348. The minimum Gasteiger partial charge on any atom is -0.379 e. The predicted molar refractivity (Wildman–Crippen MR) is 65.4 cm³/mol. The van der Waals surface area contributed by atoms with Gasteiger partial charge in [-0.1, -0.05) is 0 Å². The van der Waals surface area contributed by atoms with Crippen molar-refractivity contribution in [3.63, 3.8) is 0 Å². The standard InChI is InChI=1S/C13H8FNO3S/c14-11-3-5-12(6-4-11)18-19(16,17)13-7-1-10(9-15)2-8-13/h1-8H. The number of hydrogen-bond acceptors (Lipinski definition) is 4. The van der Waals surface area contributed by atoms with Crippen LogP contribution in [-0.2, 0) is 10.1 Å². The van der Waals surface area contributed by atoms with Crippen molar-refractivity contribution in [3.8, 4) is 11.8 Å². The molecule has 96 valence electrons. The monoisotopic (exact) mass is 277 g/mol. The Morgan fingerprint density at radius 1 is 1.00 bits per heavy atom. The van der Waals surface area contributed by atoms with Crippen LogP contribution in [0.3, 0.4) is 0 Å². The summed E-state index contributed by atoms with van der Waals surface area (Å²) in [7, 11) is -3.98. The molecule has 0 saturated heterocycles. The fourth-order valence-electron chi connectivity index (χ4n) is 1.36. The number of rotatable bonds is 3. The van der Waals surface area contributed by atoms with Crippen LogP contribution < -0.4 is 4.18 Å². The maximum absolute atomic E-state index is 12.7. The van der Waals surface area contributed by atoms with Crippen LogP contribution in [0.4, 0.5) is 4.39 Å². The van der Waals surface area contributed by atoms with Crippen molar-refractivity contribution in [1.82, 2.24) is 0 Å². The Kier molecular flexibility index (Phi) is 3.49. The van der Waals surface area contributed by atoms with Crippen molar-refractivity contribution in [2.24, 2.45) is 0 Å². The van der Waals surface area contributed by atoms with E-state index in [9.17, 15) is 12.8 Å². The normalized spacial score (nSPS) is 10.7. The van der Waals surface area contributed by atoms with E-state index < -0.39 is 15.9 Å². The Morgan fingerprint density at radius 2 is 1.58 bits per heavy atom. The minimum absolute atomic E-state index is 0.0192. The molecule has 0 atom stereocenters. The van der Waals surface area contributed by atoms with Gasteiger partial charge in [0.15, 0.2) is 0 Å². The first kappa shape index (κ1) is 13.1. The molecule has 0 aliphatic carbocycles. The lowest BCUT2D eigenvalue weighted by Gasteiger charge is -2.06. The number of hydrogen-bond donors (Lipinski definition) is 0. The molecule has 4 nitrogen and oxygen atoms in total. The van der Waals surface area contributed by atoms with E-state index in [2.05, 4.69) is 0 Å². The average Bonchev–Trinajstić information content (AvgIpc) is 2.41. The zero-order valence-electron chi connectivity index (χ0n) is 9.58. The molecular formula is C13H8FNO3S. The highest BCUT2D eigenvalue weighted by molar-refractivity contribution is 7.87. The van der Waals surface area contributed by atoms with Crippen LogP contribution in [0.2, 0.25) is 0 Å². The summed E-state index contributed by atoms with van der Waals surface area (Å²) in [6.45, 7) is 0. The fourth-order valence-corrected chi connectivity index (χ4v) is 2.29. The first-order valence-corrected chi connectivity index (χ1v) is 6.62. The second kappa shape index (κ2) is 5.08. The van der Waals surface area contributed by atoms with Crippen molar-refractivity contribution < 1.29 is 17.0 Å². The minimum atomic E-state index is -3.98. The van der Waals surface area contributed by atoms with Crippen LogP contribution in [0.1, 0.15) is 5.56 Å². The largest absolute Gasteiger partial charge is 0.379 e. The number of nitriles is 1. The number of halogens is 1. The third-order valence-corrected chi connectivity index (χ3v) is 3.55. The molecule has 2 aromatic carbocycles. The maximum Gasteiger partial charge on any atom is 0.339 e. The molecule has 19 heavy (non-hydrogen) atoms. The SMILES string of the molecule is N#Cc1ccc(S(=O)(=O)Oc2ccc(F)cc2)cc1. The molecule has 0 N–H and O–H groups in total. The summed E-state index contributed by atoms with van der Waals surface area (Å²) in [5, 5.41) is 8.63. The average molecular weight is 277 g/mol. The van der Waals surface area contributed by atoms with Crippen LogP contribution in [0.5, 0.6) is 5.75 Å². The van der Waals surface area contributed by atoms with Gasteiger partial charge in [-0.05, 0) is 48.5 Å². The summed E-state index contributed by atoms with van der Waals surface area (Å²) in [4.78, 5) is -0.0733. The Hall–Kier alpha value is -2.39. The molecule has 0 bridgehead atoms. The molecule has 0 spiro atoms. The molecule has 0 aliphatic heterocycles. The number of nitrogens with zero attached hydrogens (tertiary/aromatic N) is 1. The van der Waals surface area contributed by atoms with E-state index in [1.807, 2.05) is 6.07 Å². The molecular weight excluding hydrogens is 269 g/mol. The van der Waals surface area contributed by atoms with Crippen LogP contribution in [0.15, 0.2) is 53.4 Å². The van der Waals surface area contributed by atoms with Gasteiger partial charge < -0.3 is 4.18 Å². The second-order valence-corrected chi connectivity index (χ2v) is 5.17. The van der Waals surface area contributed by atoms with Gasteiger partial charge in [0.05, 0.1) is 11.6 Å². The van der Waals surface area contributed by atoms with Gasteiger partial charge in [0.1, 0.15) is 16.5 Å². The van der Waals surface area contributed by atoms with E-state index in [1.54, 1.807) is 0 Å². The molecule has 0 amide bonds. The molecule has 0 radical (unpaired) electrons. The highest BCUT2D eigenvalue weighted by atomic mass is 32.2. The molecule has 2 rings (SSSR count). The Labute approximate surface area is 109 Å². The highest BCUT2D eigenvalue weighted by Crippen LogP contribution is 2.19. The molecule has 0 aromatic heterocycles. The van der Waals surface area contributed by atoms with Gasteiger partial charge in [-0.2, -0.15) is 13.7 Å². The van der Waals surface area contributed by atoms with E-state index >= 15 is 0 Å². The molecule has 0 aliphatic rings. The zero-order chi connectivity index (χ0) is 13.9. The lowest BCUT2D eigenvalue weighted by Crippen LogP contribution is -2.09. The van der Waals surface area contributed by atoms with Crippen LogP contribution in [0.25, 0.3) is 0 Å². The van der Waals surface area contributed by atoms with Gasteiger partial charge in [0, 0.05) is 0 Å². The first-order chi connectivity index (χ1) is 9.01. The van der Waals surface area contributed by atoms with Crippen molar-refractivity contribution >= 4 is 10.1 Å². The van der Waals surface area contributed by atoms with Gasteiger partial charge in [0.2, 0.25) is 0 Å². The van der Waals surface area contributed by atoms with Crippen molar-refractivity contribution in [2.75, 3.05) is 0 Å². The molecule has 0 fully saturated rings. The van der Waals surface area contributed by atoms with E-state index in [0.29, 0.717) is 5.56 Å². The summed E-state index contributed by atoms with van der Waals surface area (Å²) in [6.07, 6.45) is 0. The first-order valence-electron chi connectivity index (χ1n) is 5.21. The smallest absolute Gasteiger partial charge is 0.339 e. The summed E-state index contributed by atoms with van der Waals surface area (Å²) in [5.74, 6) is -0.464. The molecule has 2 aromatic rings. The van der Waals surface area contributed by atoms with E-state index in [1.165, 1.54) is 36.4 Å². The maximum atomic E-state index is 12.7. The zero-order valence-corrected chi connectivity index (χ0v) is 10.4. The van der Waals surface area contributed by atoms with Gasteiger partial charge in [-0.15, -0.1) is 0 Å². The fraction of sp³-hybridized carbons (Fsp3) is 0. The van der Waals surface area contributed by atoms with Gasteiger partial charge in [-0.25, -0.2) is 4.39 Å². The molecule has 0 saturated carbocycles. The van der Waals surface area contributed by atoms with Crippen LogP contribution >= 0.6 is 0 Å². The van der Waals surface area contributed by atoms with Crippen molar-refractivity contribution in [2.45, 2.75) is 4.90 Å². The Bertz CT molecular complexity index is 716. The Balaban J connectivity index is 2.27. The lowest BCUT2D eigenvalue weighted by molar-refractivity contribution is 0.485. The Morgan fingerprint density at radius 3 is 2.11 bits per heavy atom. The van der Waals surface area contributed by atoms with Crippen LogP contribution in [0, 0.1) is 17.1 Å². The van der Waals surface area contributed by atoms with E-state index in [-0.39, 0.29) is 10.6 Å². The second-order valence-electron chi connectivity index (χ2n) is 3.63. The summed E-state index contributed by atoms with van der Waals surface area (Å²) >= 11 is 0. The predicted octanol–water partition coefficient (Wildman–Crippen LogP) is 2.47. The topological polar surface area (TPSA) is 67.2 Å². The van der Waals surface area contributed by atoms with Crippen LogP contribution in [-0.4, -0.2) is 8.42 Å². The quantitative estimate of drug-likeness (QED) is 0.808. The molecule has 0 heterocycles. The number of benzene rings is 2.